The molecule has 47 heavy (non-hydrogen) atoms. The summed E-state index contributed by atoms with van der Waals surface area (Å²) in [4.78, 5) is 0. The van der Waals surface area contributed by atoms with Crippen LogP contribution in [0.1, 0.15) is 97.8 Å². The van der Waals surface area contributed by atoms with E-state index in [1.807, 2.05) is 0 Å². The van der Waals surface area contributed by atoms with Crippen LogP contribution in [0.4, 0.5) is 0 Å². The second kappa shape index (κ2) is 41.7. The van der Waals surface area contributed by atoms with Crippen molar-refractivity contribution < 1.29 is 52.5 Å². The Labute approximate surface area is 287 Å². The van der Waals surface area contributed by atoms with E-state index in [4.69, 9.17) is 52.5 Å². The zero-order chi connectivity index (χ0) is 34.1. The van der Waals surface area contributed by atoms with Gasteiger partial charge in [-0.15, -0.1) is 0 Å². The molecule has 1 N–H and O–H groups in total. The first-order valence-corrected chi connectivity index (χ1v) is 18.7. The van der Waals surface area contributed by atoms with Gasteiger partial charge in [-0.05, 0) is 19.3 Å². The van der Waals surface area contributed by atoms with E-state index in [9.17, 15) is 0 Å². The molecule has 0 heterocycles. The summed E-state index contributed by atoms with van der Waals surface area (Å²) in [5.41, 5.74) is 0. The number of aliphatic hydroxyl groups excluding tert-OH is 1. The molecule has 0 rings (SSSR count). The van der Waals surface area contributed by atoms with Crippen molar-refractivity contribution in [2.75, 3.05) is 126 Å². The minimum absolute atomic E-state index is 0.0296. The largest absolute Gasteiger partial charge is 0.394 e. The van der Waals surface area contributed by atoms with Gasteiger partial charge in [0.1, 0.15) is 0 Å². The molecule has 2 atom stereocenters. The lowest BCUT2D eigenvalue weighted by Gasteiger charge is -2.21. The number of hydrogen-bond donors (Lipinski definition) is 1. The van der Waals surface area contributed by atoms with Gasteiger partial charge in [-0.3, -0.25) is 0 Å². The van der Waals surface area contributed by atoms with Gasteiger partial charge in [0, 0.05) is 6.61 Å². The average molecular weight is 683 g/mol. The molecule has 0 fully saturated rings. The molecule has 0 radical (unpaired) electrons. The summed E-state index contributed by atoms with van der Waals surface area (Å²) >= 11 is 0. The molecular weight excluding hydrogens is 608 g/mol. The lowest BCUT2D eigenvalue weighted by Crippen LogP contribution is -2.27. The monoisotopic (exact) mass is 683 g/mol. The van der Waals surface area contributed by atoms with Crippen LogP contribution >= 0.6 is 0 Å². The van der Waals surface area contributed by atoms with Crippen LogP contribution in [0, 0.1) is 0 Å². The molecule has 0 spiro atoms. The minimum atomic E-state index is 0.0296. The van der Waals surface area contributed by atoms with Crippen LogP contribution < -0.4 is 0 Å². The Morgan fingerprint density at radius 1 is 0.340 bits per heavy atom. The SMILES string of the molecule is CCCCCCCCCCCCOCC(CC)OCC(CC)OCCOCCOCCOCCOCCOCCOCCOCCO. The fourth-order valence-electron chi connectivity index (χ4n) is 4.48. The maximum atomic E-state index is 8.60. The molecule has 0 amide bonds. The molecule has 0 aromatic heterocycles. The first kappa shape index (κ1) is 46.6. The summed E-state index contributed by atoms with van der Waals surface area (Å²) in [5.74, 6) is 0. The van der Waals surface area contributed by atoms with E-state index >= 15 is 0 Å². The molecule has 0 saturated heterocycles. The highest BCUT2D eigenvalue weighted by atomic mass is 16.6. The van der Waals surface area contributed by atoms with Crippen molar-refractivity contribution in [3.63, 3.8) is 0 Å². The van der Waals surface area contributed by atoms with Crippen LogP contribution in [-0.2, 0) is 47.4 Å². The molecule has 0 bridgehead atoms. The van der Waals surface area contributed by atoms with Gasteiger partial charge in [0.25, 0.3) is 0 Å². The van der Waals surface area contributed by atoms with Crippen LogP contribution in [0.25, 0.3) is 0 Å². The zero-order valence-corrected chi connectivity index (χ0v) is 30.6. The lowest BCUT2D eigenvalue weighted by atomic mass is 10.1. The van der Waals surface area contributed by atoms with Crippen molar-refractivity contribution in [3.05, 3.63) is 0 Å². The second-order valence-corrected chi connectivity index (χ2v) is 11.5. The van der Waals surface area contributed by atoms with E-state index in [1.54, 1.807) is 0 Å². The predicted octanol–water partition coefficient (Wildman–Crippen LogP) is 5.62. The summed E-state index contributed by atoms with van der Waals surface area (Å²) in [6.45, 7) is 16.2. The highest BCUT2D eigenvalue weighted by molar-refractivity contribution is 4.59. The maximum Gasteiger partial charge on any atom is 0.0807 e. The Hall–Kier alpha value is -0.440. The normalized spacial score (nSPS) is 13.0. The topological polar surface area (TPSA) is 113 Å². The van der Waals surface area contributed by atoms with Crippen molar-refractivity contribution in [3.8, 4) is 0 Å². The van der Waals surface area contributed by atoms with E-state index in [-0.39, 0.29) is 18.8 Å². The van der Waals surface area contributed by atoms with Crippen molar-refractivity contribution >= 4 is 0 Å². The minimum Gasteiger partial charge on any atom is -0.394 e. The van der Waals surface area contributed by atoms with Gasteiger partial charge >= 0.3 is 0 Å². The van der Waals surface area contributed by atoms with Crippen molar-refractivity contribution in [2.24, 2.45) is 0 Å². The van der Waals surface area contributed by atoms with E-state index in [0.717, 1.165) is 25.9 Å². The Morgan fingerprint density at radius 2 is 0.702 bits per heavy atom. The fraction of sp³-hybridized carbons (Fsp3) is 1.00. The number of hydrogen-bond acceptors (Lipinski definition) is 11. The summed E-state index contributed by atoms with van der Waals surface area (Å²) in [6.07, 6.45) is 15.4. The standard InChI is InChI=1S/C36H74O11/c1-4-7-8-9-10-11-12-13-14-15-17-45-33-35(5-2)47-34-36(6-3)46-32-31-44-30-29-43-28-27-42-26-25-41-24-23-40-22-21-39-20-19-38-18-16-37/h35-37H,4-34H2,1-3H3. The molecule has 0 aliphatic heterocycles. The van der Waals surface area contributed by atoms with Crippen LogP contribution in [0.15, 0.2) is 0 Å². The number of ether oxygens (including phenoxy) is 10. The Balaban J connectivity index is 3.41. The van der Waals surface area contributed by atoms with Gasteiger partial charge in [-0.25, -0.2) is 0 Å². The quantitative estimate of drug-likeness (QED) is 0.0810. The molecule has 0 aromatic carbocycles. The van der Waals surface area contributed by atoms with Crippen LogP contribution in [-0.4, -0.2) is 143 Å². The van der Waals surface area contributed by atoms with Gasteiger partial charge < -0.3 is 52.5 Å². The first-order valence-electron chi connectivity index (χ1n) is 18.7. The van der Waals surface area contributed by atoms with Gasteiger partial charge in [-0.2, -0.15) is 0 Å². The number of rotatable bonds is 42. The van der Waals surface area contributed by atoms with E-state index < -0.39 is 0 Å². The van der Waals surface area contributed by atoms with Gasteiger partial charge in [0.2, 0.25) is 0 Å². The van der Waals surface area contributed by atoms with Crippen LogP contribution in [0.3, 0.4) is 0 Å². The number of aliphatic hydroxyl groups is 1. The molecule has 0 aromatic rings. The highest BCUT2D eigenvalue weighted by Crippen LogP contribution is 2.11. The lowest BCUT2D eigenvalue weighted by molar-refractivity contribution is -0.0807. The molecule has 0 saturated carbocycles. The molecule has 2 unspecified atom stereocenters. The third-order valence-corrected chi connectivity index (χ3v) is 7.42. The molecular formula is C36H74O11. The van der Waals surface area contributed by atoms with Crippen LogP contribution in [0.5, 0.6) is 0 Å². The maximum absolute atomic E-state index is 8.60. The number of unbranched alkanes of at least 4 members (excludes halogenated alkanes) is 9. The average Bonchev–Trinajstić information content (AvgIpc) is 3.09. The fourth-order valence-corrected chi connectivity index (χ4v) is 4.48. The molecule has 0 aliphatic rings. The molecule has 284 valence electrons. The Morgan fingerprint density at radius 3 is 1.11 bits per heavy atom. The van der Waals surface area contributed by atoms with E-state index in [2.05, 4.69) is 20.8 Å². The second-order valence-electron chi connectivity index (χ2n) is 11.5. The molecule has 11 nitrogen and oxygen atoms in total. The van der Waals surface area contributed by atoms with Gasteiger partial charge in [0.15, 0.2) is 0 Å². The molecule has 11 heteroatoms. The zero-order valence-electron chi connectivity index (χ0n) is 30.6. The summed E-state index contributed by atoms with van der Waals surface area (Å²) in [7, 11) is 0. The third kappa shape index (κ3) is 38.2. The van der Waals surface area contributed by atoms with Crippen molar-refractivity contribution in [1.29, 1.82) is 0 Å². The third-order valence-electron chi connectivity index (χ3n) is 7.42. The summed E-state index contributed by atoms with van der Waals surface area (Å²) in [6, 6.07) is 0. The van der Waals surface area contributed by atoms with Crippen LogP contribution in [0.2, 0.25) is 0 Å². The summed E-state index contributed by atoms with van der Waals surface area (Å²) < 4.78 is 56.0. The van der Waals surface area contributed by atoms with Gasteiger partial charge in [-0.1, -0.05) is 78.6 Å². The van der Waals surface area contributed by atoms with Crippen molar-refractivity contribution in [2.45, 2.75) is 110 Å². The van der Waals surface area contributed by atoms with Crippen molar-refractivity contribution in [1.82, 2.24) is 0 Å². The smallest absolute Gasteiger partial charge is 0.0807 e. The molecule has 0 aliphatic carbocycles. The highest BCUT2D eigenvalue weighted by Gasteiger charge is 2.12. The first-order chi connectivity index (χ1) is 23.3. The van der Waals surface area contributed by atoms with E-state index in [0.29, 0.717) is 112 Å². The van der Waals surface area contributed by atoms with Gasteiger partial charge in [0.05, 0.1) is 131 Å². The van der Waals surface area contributed by atoms with E-state index in [1.165, 1.54) is 57.8 Å². The summed E-state index contributed by atoms with van der Waals surface area (Å²) in [5, 5.41) is 8.60. The predicted molar refractivity (Wildman–Crippen MR) is 186 cm³/mol. The Bertz CT molecular complexity index is 559. The Kier molecular flexibility index (Phi) is 41.3.